The van der Waals surface area contributed by atoms with Crippen molar-refractivity contribution in [3.63, 3.8) is 0 Å². The number of hydrogen-bond acceptors (Lipinski definition) is 8. The lowest BCUT2D eigenvalue weighted by molar-refractivity contribution is -0.870. The number of esters is 2. The van der Waals surface area contributed by atoms with Gasteiger partial charge in [-0.25, -0.2) is 4.57 Å². The first-order valence-corrected chi connectivity index (χ1v) is 24.3. The highest BCUT2D eigenvalue weighted by atomic mass is 31.2. The van der Waals surface area contributed by atoms with Crippen molar-refractivity contribution in [2.45, 2.75) is 199 Å². The monoisotopic (exact) mass is 827 g/mol. The second-order valence-corrected chi connectivity index (χ2v) is 18.3. The van der Waals surface area contributed by atoms with E-state index in [1.807, 2.05) is 21.1 Å². The Morgan fingerprint density at radius 3 is 1.72 bits per heavy atom. The Kier molecular flexibility index (Phi) is 32.7. The number of phosphoric acid groups is 1. The highest BCUT2D eigenvalue weighted by Gasteiger charge is 2.36. The maximum Gasteiger partial charge on any atom is 0.472 e. The normalized spacial score (nSPS) is 17.4. The van der Waals surface area contributed by atoms with E-state index in [0.29, 0.717) is 36.1 Å². The lowest BCUT2D eigenvalue weighted by atomic mass is 10.0. The molecule has 0 aliphatic carbocycles. The molecule has 0 saturated carbocycles. The first-order valence-electron chi connectivity index (χ1n) is 22.8. The van der Waals surface area contributed by atoms with Gasteiger partial charge in [-0.15, -0.1) is 0 Å². The molecule has 10 nitrogen and oxygen atoms in total. The summed E-state index contributed by atoms with van der Waals surface area (Å²) in [5, 5.41) is 0. The molecule has 1 rings (SSSR count). The largest absolute Gasteiger partial charge is 0.472 e. The second-order valence-electron chi connectivity index (χ2n) is 16.8. The number of epoxide rings is 1. The van der Waals surface area contributed by atoms with Crippen LogP contribution in [0.4, 0.5) is 0 Å². The van der Waals surface area contributed by atoms with Crippen LogP contribution in [0, 0.1) is 0 Å². The highest BCUT2D eigenvalue weighted by molar-refractivity contribution is 7.47. The summed E-state index contributed by atoms with van der Waals surface area (Å²) in [5.41, 5.74) is 0. The van der Waals surface area contributed by atoms with Crippen LogP contribution in [0.15, 0.2) is 36.5 Å². The van der Waals surface area contributed by atoms with Crippen LogP contribution in [-0.2, 0) is 37.4 Å². The van der Waals surface area contributed by atoms with Gasteiger partial charge in [0, 0.05) is 12.8 Å². The smallest absolute Gasteiger partial charge is 0.462 e. The van der Waals surface area contributed by atoms with Gasteiger partial charge in [-0.2, -0.15) is 0 Å². The van der Waals surface area contributed by atoms with E-state index in [0.717, 1.165) is 44.9 Å². The Hall–Kier alpha value is -1.81. The number of quaternary nitrogens is 1. The molecule has 3 unspecified atom stereocenters. The molecule has 0 aromatic rings. The lowest BCUT2D eigenvalue weighted by Gasteiger charge is -2.24. The van der Waals surface area contributed by atoms with E-state index in [1.165, 1.54) is 96.3 Å². The van der Waals surface area contributed by atoms with Gasteiger partial charge in [0.05, 0.1) is 40.0 Å². The van der Waals surface area contributed by atoms with Crippen molar-refractivity contribution in [2.75, 3.05) is 47.5 Å². The van der Waals surface area contributed by atoms with E-state index in [2.05, 4.69) is 50.3 Å². The quantitative estimate of drug-likeness (QED) is 0.0161. The van der Waals surface area contributed by atoms with Crippen molar-refractivity contribution in [3.8, 4) is 0 Å². The van der Waals surface area contributed by atoms with Crippen LogP contribution in [-0.4, -0.2) is 87.1 Å². The molecular weight excluding hydrogens is 741 g/mol. The molecular formula is C46H85NO9P+. The molecule has 332 valence electrons. The summed E-state index contributed by atoms with van der Waals surface area (Å²) >= 11 is 0. The van der Waals surface area contributed by atoms with Gasteiger partial charge >= 0.3 is 19.8 Å². The van der Waals surface area contributed by atoms with Crippen molar-refractivity contribution in [1.29, 1.82) is 0 Å². The Morgan fingerprint density at radius 1 is 0.632 bits per heavy atom. The third kappa shape index (κ3) is 35.8. The summed E-state index contributed by atoms with van der Waals surface area (Å²) in [7, 11) is 1.44. The summed E-state index contributed by atoms with van der Waals surface area (Å²) in [4.78, 5) is 35.4. The molecule has 1 fully saturated rings. The number of nitrogens with zero attached hydrogens (tertiary/aromatic N) is 1. The standard InChI is InChI=1S/C46H84NO9P/c1-6-8-10-12-14-15-16-17-18-19-20-21-24-29-33-37-46(49)55-42(41-54-57(50,51)53-39-38-47(3,4)5)40-52-45(48)36-32-28-25-22-23-27-31-35-44-43(56-44)34-30-26-13-11-9-7-2/h22,25-27,30-31,42-44H,6-21,23-24,28-29,32-41H2,1-5H3/p+1/b25-22-,30-26-,31-27-/t42-,43?,44?/m1/s1. The van der Waals surface area contributed by atoms with Gasteiger partial charge in [0.25, 0.3) is 0 Å². The van der Waals surface area contributed by atoms with Gasteiger partial charge in [-0.1, -0.05) is 153 Å². The molecule has 11 heteroatoms. The first kappa shape index (κ1) is 53.2. The lowest BCUT2D eigenvalue weighted by Crippen LogP contribution is -2.37. The third-order valence-electron chi connectivity index (χ3n) is 10.1. The van der Waals surface area contributed by atoms with Crippen LogP contribution in [0.1, 0.15) is 181 Å². The minimum atomic E-state index is -4.39. The molecule has 1 heterocycles. The Labute approximate surface area is 348 Å². The number of unbranched alkanes of at least 4 members (excludes halogenated alkanes) is 18. The molecule has 0 aromatic carbocycles. The number of hydrogen-bond donors (Lipinski definition) is 1. The predicted octanol–water partition coefficient (Wildman–Crippen LogP) is 11.9. The van der Waals surface area contributed by atoms with E-state index < -0.39 is 32.5 Å². The molecule has 1 N–H and O–H groups in total. The van der Waals surface area contributed by atoms with E-state index in [-0.39, 0.29) is 26.1 Å². The highest BCUT2D eigenvalue weighted by Crippen LogP contribution is 2.43. The Bertz CT molecular complexity index is 1140. The summed E-state index contributed by atoms with van der Waals surface area (Å²) in [5.74, 6) is -0.866. The van der Waals surface area contributed by atoms with Gasteiger partial charge < -0.3 is 23.6 Å². The van der Waals surface area contributed by atoms with E-state index in [4.69, 9.17) is 23.3 Å². The van der Waals surface area contributed by atoms with Crippen molar-refractivity contribution in [3.05, 3.63) is 36.5 Å². The first-order chi connectivity index (χ1) is 27.5. The van der Waals surface area contributed by atoms with Crippen LogP contribution in [0.3, 0.4) is 0 Å². The fourth-order valence-electron chi connectivity index (χ4n) is 6.34. The zero-order chi connectivity index (χ0) is 41.9. The summed E-state index contributed by atoms with van der Waals surface area (Å²) in [6.07, 6.45) is 40.8. The van der Waals surface area contributed by atoms with Crippen molar-refractivity contribution >= 4 is 19.8 Å². The minimum Gasteiger partial charge on any atom is -0.462 e. The van der Waals surface area contributed by atoms with Crippen LogP contribution < -0.4 is 0 Å². The van der Waals surface area contributed by atoms with Crippen LogP contribution in [0.2, 0.25) is 0 Å². The fourth-order valence-corrected chi connectivity index (χ4v) is 7.08. The molecule has 0 amide bonds. The number of phosphoric ester groups is 1. The summed E-state index contributed by atoms with van der Waals surface area (Å²) in [6.45, 7) is 4.33. The number of ether oxygens (including phenoxy) is 3. The van der Waals surface area contributed by atoms with Crippen molar-refractivity contribution in [2.24, 2.45) is 0 Å². The second kappa shape index (κ2) is 35.0. The van der Waals surface area contributed by atoms with Crippen LogP contribution in [0.25, 0.3) is 0 Å². The fraction of sp³-hybridized carbons (Fsp3) is 0.826. The topological polar surface area (TPSA) is 121 Å². The number of carbonyl (C=O) groups excluding carboxylic acids is 2. The van der Waals surface area contributed by atoms with Gasteiger partial charge in [-0.3, -0.25) is 18.6 Å². The van der Waals surface area contributed by atoms with Gasteiger partial charge in [0.2, 0.25) is 0 Å². The van der Waals surface area contributed by atoms with Gasteiger partial charge in [-0.05, 0) is 51.4 Å². The number of carbonyl (C=O) groups is 2. The Morgan fingerprint density at radius 2 is 1.12 bits per heavy atom. The molecule has 4 atom stereocenters. The van der Waals surface area contributed by atoms with E-state index >= 15 is 0 Å². The molecule has 57 heavy (non-hydrogen) atoms. The SMILES string of the molecule is CCCCC/C=C\CC1OC1C/C=C\C/C=C\CCCC(=O)OC[C@H](COP(=O)(O)OCC[N+](C)(C)C)OC(=O)CCCCCCCCCCCCCCCCC. The zero-order valence-electron chi connectivity index (χ0n) is 37.0. The zero-order valence-corrected chi connectivity index (χ0v) is 37.9. The molecule has 0 spiro atoms. The van der Waals surface area contributed by atoms with Gasteiger partial charge in [0.15, 0.2) is 6.10 Å². The number of allylic oxidation sites excluding steroid dienone is 4. The van der Waals surface area contributed by atoms with Crippen LogP contribution in [0.5, 0.6) is 0 Å². The third-order valence-corrected chi connectivity index (χ3v) is 11.1. The minimum absolute atomic E-state index is 0.0217. The molecule has 1 aliphatic rings. The molecule has 1 aliphatic heterocycles. The summed E-state index contributed by atoms with van der Waals surface area (Å²) in [6, 6.07) is 0. The predicted molar refractivity (Wildman–Crippen MR) is 233 cm³/mol. The number of likely N-dealkylation sites (N-methyl/N-ethyl adjacent to an activating group) is 1. The maximum absolute atomic E-state index is 12.7. The average Bonchev–Trinajstić information content (AvgIpc) is 3.92. The Balaban J connectivity index is 2.30. The van der Waals surface area contributed by atoms with Crippen molar-refractivity contribution in [1.82, 2.24) is 0 Å². The van der Waals surface area contributed by atoms with Crippen LogP contribution >= 0.6 is 7.82 Å². The summed E-state index contributed by atoms with van der Waals surface area (Å²) < 4.78 is 40.0. The molecule has 0 bridgehead atoms. The van der Waals surface area contributed by atoms with Gasteiger partial charge in [0.1, 0.15) is 19.8 Å². The number of rotatable bonds is 40. The average molecular weight is 827 g/mol. The van der Waals surface area contributed by atoms with E-state index in [1.54, 1.807) is 0 Å². The maximum atomic E-state index is 12.7. The van der Waals surface area contributed by atoms with E-state index in [9.17, 15) is 19.0 Å². The molecule has 0 radical (unpaired) electrons. The molecule has 0 aromatic heterocycles. The van der Waals surface area contributed by atoms with Crippen molar-refractivity contribution < 1.29 is 46.8 Å². The molecule has 1 saturated heterocycles.